The molecule has 0 aliphatic carbocycles. The zero-order valence-electron chi connectivity index (χ0n) is 19.2. The molecule has 0 fully saturated rings. The molecular weight excluding hydrogens is 408 g/mol. The Balaban J connectivity index is 1.97. The molecule has 2 aromatic rings. The summed E-state index contributed by atoms with van der Waals surface area (Å²) in [7, 11) is 3.11. The molecule has 1 aliphatic rings. The van der Waals surface area contributed by atoms with Gasteiger partial charge < -0.3 is 19.5 Å². The fourth-order valence-electron chi connectivity index (χ4n) is 3.47. The Labute approximate surface area is 189 Å². The lowest BCUT2D eigenvalue weighted by molar-refractivity contribution is -0.137. The van der Waals surface area contributed by atoms with Crippen LogP contribution in [0.4, 0.5) is 5.69 Å². The van der Waals surface area contributed by atoms with Gasteiger partial charge in [-0.15, -0.1) is 0 Å². The summed E-state index contributed by atoms with van der Waals surface area (Å²) in [6.07, 6.45) is 0.658. The highest BCUT2D eigenvalue weighted by atomic mass is 16.5. The molecule has 0 bridgehead atoms. The number of hydrogen-bond acceptors (Lipinski definition) is 6. The maximum atomic E-state index is 13.3. The number of carbonyl (C=O) groups is 2. The molecule has 2 aromatic carbocycles. The second kappa shape index (κ2) is 10.3. The minimum Gasteiger partial charge on any atom is -0.497 e. The summed E-state index contributed by atoms with van der Waals surface area (Å²) in [4.78, 5) is 27.9. The van der Waals surface area contributed by atoms with Crippen LogP contribution in [0.15, 0.2) is 48.2 Å². The Hall–Kier alpha value is -3.32. The first-order chi connectivity index (χ1) is 15.3. The normalized spacial score (nSPS) is 13.9. The minimum atomic E-state index is -0.375. The molecule has 7 nitrogen and oxygen atoms in total. The summed E-state index contributed by atoms with van der Waals surface area (Å²) >= 11 is 0. The van der Waals surface area contributed by atoms with Crippen LogP contribution < -0.4 is 14.8 Å². The van der Waals surface area contributed by atoms with Gasteiger partial charge in [0.25, 0.3) is 11.8 Å². The molecule has 0 saturated heterocycles. The molecule has 1 heterocycles. The Bertz CT molecular complexity index is 1010. The monoisotopic (exact) mass is 438 g/mol. The van der Waals surface area contributed by atoms with Crippen LogP contribution in [0.3, 0.4) is 0 Å². The van der Waals surface area contributed by atoms with Gasteiger partial charge in [0.1, 0.15) is 17.2 Å². The third-order valence-electron chi connectivity index (χ3n) is 5.15. The Morgan fingerprint density at radius 2 is 1.69 bits per heavy atom. The van der Waals surface area contributed by atoms with Gasteiger partial charge in [0.15, 0.2) is 0 Å². The number of aryl methyl sites for hydroxylation is 1. The lowest BCUT2D eigenvalue weighted by atomic mass is 10.0. The number of benzene rings is 2. The highest BCUT2D eigenvalue weighted by Crippen LogP contribution is 2.35. The minimum absolute atomic E-state index is 0.0963. The van der Waals surface area contributed by atoms with Crippen LogP contribution in [0.2, 0.25) is 0 Å². The fraction of sp³-hybridized carbons (Fsp3) is 0.360. The molecule has 32 heavy (non-hydrogen) atoms. The van der Waals surface area contributed by atoms with Crippen molar-refractivity contribution < 1.29 is 23.8 Å². The fourth-order valence-corrected chi connectivity index (χ4v) is 3.47. The second-order valence-electron chi connectivity index (χ2n) is 7.84. The van der Waals surface area contributed by atoms with Crippen LogP contribution in [0.25, 0.3) is 5.57 Å². The van der Waals surface area contributed by atoms with Crippen molar-refractivity contribution in [2.24, 2.45) is 0 Å². The van der Waals surface area contributed by atoms with Gasteiger partial charge in [0, 0.05) is 19.2 Å². The predicted octanol–water partition coefficient (Wildman–Crippen LogP) is 4.02. The summed E-state index contributed by atoms with van der Waals surface area (Å²) in [6, 6.07) is 12.8. The van der Waals surface area contributed by atoms with Crippen molar-refractivity contribution in [3.05, 3.63) is 59.3 Å². The molecule has 0 atom stereocenters. The van der Waals surface area contributed by atoms with Crippen LogP contribution in [0.1, 0.15) is 31.4 Å². The van der Waals surface area contributed by atoms with Crippen LogP contribution in [-0.4, -0.2) is 50.2 Å². The van der Waals surface area contributed by atoms with Crippen molar-refractivity contribution in [3.8, 4) is 11.5 Å². The standard InChI is InChI=1S/C25H30N2O5/c1-16(2)32-14-6-13-27-24(28)22(18-9-7-17(3)8-10-18)23(25(27)29)26-20-15-19(30-4)11-12-21(20)31-5/h7-12,15-16,26H,6,13-14H2,1-5H3. The zero-order chi connectivity index (χ0) is 23.3. The van der Waals surface area contributed by atoms with Crippen molar-refractivity contribution in [1.29, 1.82) is 0 Å². The third kappa shape index (κ3) is 5.11. The number of imide groups is 1. The maximum Gasteiger partial charge on any atom is 0.278 e. The first-order valence-electron chi connectivity index (χ1n) is 10.6. The van der Waals surface area contributed by atoms with Crippen LogP contribution in [0, 0.1) is 6.92 Å². The molecule has 1 N–H and O–H groups in total. The van der Waals surface area contributed by atoms with E-state index in [0.717, 1.165) is 5.56 Å². The molecule has 0 aromatic heterocycles. The van der Waals surface area contributed by atoms with Gasteiger partial charge in [-0.2, -0.15) is 0 Å². The van der Waals surface area contributed by atoms with Crippen molar-refractivity contribution in [1.82, 2.24) is 4.90 Å². The number of rotatable bonds is 10. The quantitative estimate of drug-likeness (QED) is 0.446. The number of ether oxygens (including phenoxy) is 3. The average Bonchev–Trinajstić information content (AvgIpc) is 3.01. The summed E-state index contributed by atoms with van der Waals surface area (Å²) < 4.78 is 16.3. The number of amides is 2. The van der Waals surface area contributed by atoms with Crippen molar-refractivity contribution in [2.75, 3.05) is 32.7 Å². The van der Waals surface area contributed by atoms with E-state index in [9.17, 15) is 9.59 Å². The molecule has 0 radical (unpaired) electrons. The molecule has 0 unspecified atom stereocenters. The van der Waals surface area contributed by atoms with Gasteiger partial charge in [-0.3, -0.25) is 14.5 Å². The number of methoxy groups -OCH3 is 2. The smallest absolute Gasteiger partial charge is 0.278 e. The first kappa shape index (κ1) is 23.3. The van der Waals surface area contributed by atoms with Gasteiger partial charge in [-0.05, 0) is 44.9 Å². The van der Waals surface area contributed by atoms with Crippen molar-refractivity contribution in [3.63, 3.8) is 0 Å². The van der Waals surface area contributed by atoms with E-state index in [0.29, 0.717) is 41.4 Å². The number of nitrogens with zero attached hydrogens (tertiary/aromatic N) is 1. The van der Waals surface area contributed by atoms with Gasteiger partial charge in [0.2, 0.25) is 0 Å². The van der Waals surface area contributed by atoms with Crippen LogP contribution >= 0.6 is 0 Å². The molecule has 170 valence electrons. The largest absolute Gasteiger partial charge is 0.497 e. The molecule has 7 heteroatoms. The summed E-state index contributed by atoms with van der Waals surface area (Å²) in [6.45, 7) is 6.63. The molecule has 0 spiro atoms. The topological polar surface area (TPSA) is 77.1 Å². The number of carbonyl (C=O) groups excluding carboxylic acids is 2. The SMILES string of the molecule is COc1ccc(OC)c(NC2=C(c3ccc(C)cc3)C(=O)N(CCCOC(C)C)C2=O)c1. The lowest BCUT2D eigenvalue weighted by Crippen LogP contribution is -2.34. The third-order valence-corrected chi connectivity index (χ3v) is 5.15. The Kier molecular flexibility index (Phi) is 7.53. The van der Waals surface area contributed by atoms with Gasteiger partial charge in [0.05, 0.1) is 31.6 Å². The molecule has 2 amide bonds. The van der Waals surface area contributed by atoms with E-state index in [1.807, 2.05) is 45.0 Å². The molecule has 1 aliphatic heterocycles. The molecule has 0 saturated carbocycles. The van der Waals surface area contributed by atoms with E-state index in [2.05, 4.69) is 5.32 Å². The number of hydrogen-bond donors (Lipinski definition) is 1. The van der Waals surface area contributed by atoms with E-state index in [1.54, 1.807) is 32.4 Å². The Morgan fingerprint density at radius 3 is 2.31 bits per heavy atom. The highest BCUT2D eigenvalue weighted by molar-refractivity contribution is 6.36. The van der Waals surface area contributed by atoms with E-state index >= 15 is 0 Å². The summed E-state index contributed by atoms with van der Waals surface area (Å²) in [5.41, 5.74) is 2.84. The van der Waals surface area contributed by atoms with Crippen LogP contribution in [0.5, 0.6) is 11.5 Å². The first-order valence-corrected chi connectivity index (χ1v) is 10.6. The average molecular weight is 439 g/mol. The van der Waals surface area contributed by atoms with Gasteiger partial charge in [-0.1, -0.05) is 29.8 Å². The van der Waals surface area contributed by atoms with E-state index in [4.69, 9.17) is 14.2 Å². The van der Waals surface area contributed by atoms with Crippen LogP contribution in [-0.2, 0) is 14.3 Å². The summed E-state index contributed by atoms with van der Waals surface area (Å²) in [5, 5.41) is 3.15. The van der Waals surface area contributed by atoms with E-state index in [-0.39, 0.29) is 30.2 Å². The highest BCUT2D eigenvalue weighted by Gasteiger charge is 2.39. The second-order valence-corrected chi connectivity index (χ2v) is 7.84. The molecule has 3 rings (SSSR count). The Morgan fingerprint density at radius 1 is 0.969 bits per heavy atom. The summed E-state index contributed by atoms with van der Waals surface area (Å²) in [5.74, 6) is 0.434. The van der Waals surface area contributed by atoms with Gasteiger partial charge >= 0.3 is 0 Å². The van der Waals surface area contributed by atoms with Crippen molar-refractivity contribution in [2.45, 2.75) is 33.3 Å². The van der Waals surface area contributed by atoms with E-state index in [1.165, 1.54) is 4.90 Å². The molecular formula is C25H30N2O5. The van der Waals surface area contributed by atoms with E-state index < -0.39 is 0 Å². The number of anilines is 1. The number of nitrogens with one attached hydrogen (secondary N) is 1. The lowest BCUT2D eigenvalue weighted by Gasteiger charge is -2.16. The zero-order valence-corrected chi connectivity index (χ0v) is 19.2. The maximum absolute atomic E-state index is 13.3. The predicted molar refractivity (Wildman–Crippen MR) is 124 cm³/mol. The van der Waals surface area contributed by atoms with Crippen molar-refractivity contribution >= 4 is 23.1 Å². The van der Waals surface area contributed by atoms with Gasteiger partial charge in [-0.25, -0.2) is 0 Å².